The third-order valence-corrected chi connectivity index (χ3v) is 4.85. The van der Waals surface area contributed by atoms with E-state index in [4.69, 9.17) is 0 Å². The SMILES string of the molecule is Cc1cc(C)cc(C(=O)NCC(=O)N(C)C2CCc3ccccc32)c1. The maximum atomic E-state index is 12.5. The van der Waals surface area contributed by atoms with E-state index < -0.39 is 0 Å². The minimum Gasteiger partial charge on any atom is -0.343 e. The van der Waals surface area contributed by atoms with Crippen molar-refractivity contribution in [2.24, 2.45) is 0 Å². The van der Waals surface area contributed by atoms with Gasteiger partial charge in [-0.3, -0.25) is 9.59 Å². The van der Waals surface area contributed by atoms with Crippen LogP contribution in [0, 0.1) is 13.8 Å². The average molecular weight is 336 g/mol. The molecule has 2 aromatic carbocycles. The molecular weight excluding hydrogens is 312 g/mol. The lowest BCUT2D eigenvalue weighted by Gasteiger charge is -2.25. The Morgan fingerprint density at radius 2 is 1.80 bits per heavy atom. The molecule has 1 atom stereocenters. The first-order valence-electron chi connectivity index (χ1n) is 8.65. The first-order valence-corrected chi connectivity index (χ1v) is 8.65. The van der Waals surface area contributed by atoms with Crippen LogP contribution in [-0.2, 0) is 11.2 Å². The summed E-state index contributed by atoms with van der Waals surface area (Å²) in [6.07, 6.45) is 1.93. The summed E-state index contributed by atoms with van der Waals surface area (Å²) < 4.78 is 0. The summed E-state index contributed by atoms with van der Waals surface area (Å²) in [5.41, 5.74) is 5.21. The molecule has 1 N–H and O–H groups in total. The molecule has 2 amide bonds. The summed E-state index contributed by atoms with van der Waals surface area (Å²) in [4.78, 5) is 26.6. The Hall–Kier alpha value is -2.62. The van der Waals surface area contributed by atoms with E-state index in [1.54, 1.807) is 4.90 Å². The van der Waals surface area contributed by atoms with Crippen LogP contribution >= 0.6 is 0 Å². The summed E-state index contributed by atoms with van der Waals surface area (Å²) in [6.45, 7) is 3.93. The smallest absolute Gasteiger partial charge is 0.251 e. The van der Waals surface area contributed by atoms with Crippen LogP contribution in [0.3, 0.4) is 0 Å². The second-order valence-corrected chi connectivity index (χ2v) is 6.82. The number of hydrogen-bond acceptors (Lipinski definition) is 2. The highest BCUT2D eigenvalue weighted by Crippen LogP contribution is 2.34. The molecule has 1 aliphatic rings. The van der Waals surface area contributed by atoms with E-state index in [1.165, 1.54) is 11.1 Å². The second-order valence-electron chi connectivity index (χ2n) is 6.82. The van der Waals surface area contributed by atoms with Gasteiger partial charge in [0.25, 0.3) is 5.91 Å². The van der Waals surface area contributed by atoms with Gasteiger partial charge in [0, 0.05) is 12.6 Å². The third-order valence-electron chi connectivity index (χ3n) is 4.85. The molecule has 0 saturated heterocycles. The van der Waals surface area contributed by atoms with E-state index in [1.807, 2.05) is 51.2 Å². The van der Waals surface area contributed by atoms with E-state index in [0.717, 1.165) is 24.0 Å². The Morgan fingerprint density at radius 1 is 1.12 bits per heavy atom. The molecule has 3 rings (SSSR count). The van der Waals surface area contributed by atoms with Gasteiger partial charge in [-0.15, -0.1) is 0 Å². The zero-order chi connectivity index (χ0) is 18.0. The molecule has 0 spiro atoms. The number of fused-ring (bicyclic) bond motifs is 1. The summed E-state index contributed by atoms with van der Waals surface area (Å²) in [6, 6.07) is 14.0. The van der Waals surface area contributed by atoms with Gasteiger partial charge in [0.1, 0.15) is 0 Å². The van der Waals surface area contributed by atoms with Crippen molar-refractivity contribution in [3.63, 3.8) is 0 Å². The number of likely N-dealkylation sites (N-methyl/N-ethyl adjacent to an activating group) is 1. The number of carbonyl (C=O) groups excluding carboxylic acids is 2. The fourth-order valence-electron chi connectivity index (χ4n) is 3.60. The first kappa shape index (κ1) is 17.2. The van der Waals surface area contributed by atoms with Crippen molar-refractivity contribution < 1.29 is 9.59 Å². The second kappa shape index (κ2) is 7.09. The van der Waals surface area contributed by atoms with Crippen molar-refractivity contribution in [2.75, 3.05) is 13.6 Å². The van der Waals surface area contributed by atoms with Crippen LogP contribution in [0.2, 0.25) is 0 Å². The van der Waals surface area contributed by atoms with Crippen LogP contribution in [0.4, 0.5) is 0 Å². The van der Waals surface area contributed by atoms with Crippen LogP contribution < -0.4 is 5.32 Å². The normalized spacial score (nSPS) is 15.6. The Kier molecular flexibility index (Phi) is 4.88. The lowest BCUT2D eigenvalue weighted by atomic mass is 10.1. The Balaban J connectivity index is 1.62. The maximum absolute atomic E-state index is 12.5. The molecule has 0 bridgehead atoms. The standard InChI is InChI=1S/C21H24N2O2/c1-14-10-15(2)12-17(11-14)21(25)22-13-20(24)23(3)19-9-8-16-6-4-5-7-18(16)19/h4-7,10-12,19H,8-9,13H2,1-3H3,(H,22,25). The van der Waals surface area contributed by atoms with Crippen LogP contribution in [-0.4, -0.2) is 30.3 Å². The number of amides is 2. The molecule has 0 radical (unpaired) electrons. The average Bonchev–Trinajstić information content (AvgIpc) is 3.01. The van der Waals surface area contributed by atoms with Gasteiger partial charge in [-0.05, 0) is 49.9 Å². The van der Waals surface area contributed by atoms with Crippen molar-refractivity contribution in [3.05, 3.63) is 70.3 Å². The lowest BCUT2D eigenvalue weighted by molar-refractivity contribution is -0.131. The zero-order valence-corrected chi connectivity index (χ0v) is 15.0. The Morgan fingerprint density at radius 3 is 2.52 bits per heavy atom. The molecule has 0 heterocycles. The lowest BCUT2D eigenvalue weighted by Crippen LogP contribution is -2.39. The molecule has 25 heavy (non-hydrogen) atoms. The van der Waals surface area contributed by atoms with Gasteiger partial charge >= 0.3 is 0 Å². The Labute approximate surface area is 148 Å². The van der Waals surface area contributed by atoms with Crippen molar-refractivity contribution >= 4 is 11.8 Å². The summed E-state index contributed by atoms with van der Waals surface area (Å²) in [5, 5.41) is 2.75. The predicted molar refractivity (Wildman–Crippen MR) is 98.5 cm³/mol. The highest BCUT2D eigenvalue weighted by Gasteiger charge is 2.28. The topological polar surface area (TPSA) is 49.4 Å². The van der Waals surface area contributed by atoms with Crippen molar-refractivity contribution in [1.29, 1.82) is 0 Å². The van der Waals surface area contributed by atoms with Crippen LogP contribution in [0.5, 0.6) is 0 Å². The highest BCUT2D eigenvalue weighted by molar-refractivity contribution is 5.96. The summed E-state index contributed by atoms with van der Waals surface area (Å²) >= 11 is 0. The number of carbonyl (C=O) groups is 2. The number of nitrogens with one attached hydrogen (secondary N) is 1. The van der Waals surface area contributed by atoms with E-state index in [0.29, 0.717) is 5.56 Å². The fraction of sp³-hybridized carbons (Fsp3) is 0.333. The Bertz CT molecular complexity index is 793. The maximum Gasteiger partial charge on any atom is 0.251 e. The van der Waals surface area contributed by atoms with Gasteiger partial charge in [0.05, 0.1) is 12.6 Å². The van der Waals surface area contributed by atoms with Gasteiger partial charge in [-0.25, -0.2) is 0 Å². The molecule has 0 fully saturated rings. The van der Waals surface area contributed by atoms with Gasteiger partial charge < -0.3 is 10.2 Å². The number of benzene rings is 2. The molecule has 2 aromatic rings. The zero-order valence-electron chi connectivity index (χ0n) is 15.0. The molecule has 0 saturated carbocycles. The van der Waals surface area contributed by atoms with Crippen LogP contribution in [0.1, 0.15) is 45.1 Å². The summed E-state index contributed by atoms with van der Waals surface area (Å²) in [7, 11) is 1.82. The van der Waals surface area contributed by atoms with Gasteiger partial charge in [-0.1, -0.05) is 41.5 Å². The van der Waals surface area contributed by atoms with Crippen molar-refractivity contribution in [2.45, 2.75) is 32.7 Å². The third kappa shape index (κ3) is 3.73. The molecule has 1 unspecified atom stereocenters. The molecular formula is C21H24N2O2. The van der Waals surface area contributed by atoms with E-state index >= 15 is 0 Å². The van der Waals surface area contributed by atoms with Gasteiger partial charge in [0.15, 0.2) is 0 Å². The molecule has 4 heteroatoms. The van der Waals surface area contributed by atoms with Gasteiger partial charge in [-0.2, -0.15) is 0 Å². The fourth-order valence-corrected chi connectivity index (χ4v) is 3.60. The van der Waals surface area contributed by atoms with Gasteiger partial charge in [0.2, 0.25) is 5.91 Å². The number of nitrogens with zero attached hydrogens (tertiary/aromatic N) is 1. The van der Waals surface area contributed by atoms with E-state index in [-0.39, 0.29) is 24.4 Å². The molecule has 130 valence electrons. The summed E-state index contributed by atoms with van der Waals surface area (Å²) in [5.74, 6) is -0.278. The van der Waals surface area contributed by atoms with Crippen molar-refractivity contribution in [1.82, 2.24) is 10.2 Å². The first-order chi connectivity index (χ1) is 12.0. The monoisotopic (exact) mass is 336 g/mol. The quantitative estimate of drug-likeness (QED) is 0.932. The number of rotatable bonds is 4. The molecule has 0 aromatic heterocycles. The van der Waals surface area contributed by atoms with E-state index in [9.17, 15) is 9.59 Å². The number of hydrogen-bond donors (Lipinski definition) is 1. The minimum atomic E-state index is -0.208. The molecule has 1 aliphatic carbocycles. The van der Waals surface area contributed by atoms with Crippen molar-refractivity contribution in [3.8, 4) is 0 Å². The largest absolute Gasteiger partial charge is 0.343 e. The number of aryl methyl sites for hydroxylation is 3. The van der Waals surface area contributed by atoms with E-state index in [2.05, 4.69) is 17.4 Å². The van der Waals surface area contributed by atoms with Crippen LogP contribution in [0.25, 0.3) is 0 Å². The minimum absolute atomic E-state index is 0.0149. The molecule has 4 nitrogen and oxygen atoms in total. The predicted octanol–water partition coefficient (Wildman–Crippen LogP) is 3.18. The van der Waals surface area contributed by atoms with Crippen LogP contribution in [0.15, 0.2) is 42.5 Å². The molecule has 0 aliphatic heterocycles. The highest BCUT2D eigenvalue weighted by atomic mass is 16.2.